The molecule has 20 heavy (non-hydrogen) atoms. The van der Waals surface area contributed by atoms with Crippen molar-refractivity contribution in [2.24, 2.45) is 0 Å². The van der Waals surface area contributed by atoms with E-state index in [1.807, 2.05) is 0 Å². The molecule has 1 aromatic carbocycles. The Balaban J connectivity index is 2.06. The predicted octanol–water partition coefficient (Wildman–Crippen LogP) is 3.59. The Kier molecular flexibility index (Phi) is 4.65. The Labute approximate surface area is 115 Å². The topological polar surface area (TPSA) is 21.3 Å². The molecule has 1 fully saturated rings. The molecule has 2 rings (SSSR count). The normalized spacial score (nSPS) is 18.9. The molecule has 0 aliphatic heterocycles. The van der Waals surface area contributed by atoms with Crippen molar-refractivity contribution in [3.63, 3.8) is 0 Å². The molecule has 1 aliphatic rings. The van der Waals surface area contributed by atoms with Crippen LogP contribution in [0.4, 0.5) is 17.6 Å². The second-order valence-corrected chi connectivity index (χ2v) is 5.05. The molecule has 2 nitrogen and oxygen atoms in total. The van der Waals surface area contributed by atoms with Gasteiger partial charge in [0.2, 0.25) is 0 Å². The molecule has 0 bridgehead atoms. The second-order valence-electron chi connectivity index (χ2n) is 5.05. The minimum absolute atomic E-state index is 0.245. The molecule has 6 heteroatoms. The van der Waals surface area contributed by atoms with E-state index in [1.165, 1.54) is 18.2 Å². The summed E-state index contributed by atoms with van der Waals surface area (Å²) in [6, 6.07) is 5.85. The second kappa shape index (κ2) is 6.10. The smallest absolute Gasteiger partial charge is 0.360 e. The highest BCUT2D eigenvalue weighted by Gasteiger charge is 2.39. The summed E-state index contributed by atoms with van der Waals surface area (Å²) in [6.45, 7) is 1.21. The van der Waals surface area contributed by atoms with Crippen molar-refractivity contribution in [2.45, 2.75) is 44.2 Å². The molecule has 0 heterocycles. The van der Waals surface area contributed by atoms with Gasteiger partial charge in [-0.15, -0.1) is 0 Å². The zero-order valence-electron chi connectivity index (χ0n) is 11.1. The maximum atomic E-state index is 13.2. The number of nitrogens with one attached hydrogen (secondary N) is 1. The number of rotatable bonds is 6. The van der Waals surface area contributed by atoms with Crippen molar-refractivity contribution < 1.29 is 22.3 Å². The van der Waals surface area contributed by atoms with Crippen molar-refractivity contribution in [3.05, 3.63) is 35.6 Å². The lowest BCUT2D eigenvalue weighted by molar-refractivity contribution is -0.227. The molecule has 0 spiro atoms. The highest BCUT2D eigenvalue weighted by molar-refractivity contribution is 5.19. The van der Waals surface area contributed by atoms with Crippen LogP contribution < -0.4 is 5.32 Å². The van der Waals surface area contributed by atoms with E-state index in [-0.39, 0.29) is 6.54 Å². The first-order valence-electron chi connectivity index (χ1n) is 6.57. The van der Waals surface area contributed by atoms with Crippen LogP contribution in [-0.2, 0) is 4.74 Å². The van der Waals surface area contributed by atoms with Gasteiger partial charge in [0, 0.05) is 12.6 Å². The third-order valence-corrected chi connectivity index (χ3v) is 3.22. The van der Waals surface area contributed by atoms with Crippen molar-refractivity contribution in [3.8, 4) is 0 Å². The lowest BCUT2D eigenvalue weighted by Gasteiger charge is -2.25. The summed E-state index contributed by atoms with van der Waals surface area (Å²) in [5.74, 6) is -0.484. The molecule has 0 amide bonds. The molecule has 0 aromatic heterocycles. The largest absolute Gasteiger partial charge is 0.414 e. The fourth-order valence-electron chi connectivity index (χ4n) is 1.84. The van der Waals surface area contributed by atoms with Crippen LogP contribution in [0.5, 0.6) is 0 Å². The van der Waals surface area contributed by atoms with Crippen LogP contribution in [0.3, 0.4) is 0 Å². The van der Waals surface area contributed by atoms with Gasteiger partial charge in [0.1, 0.15) is 5.82 Å². The van der Waals surface area contributed by atoms with Crippen LogP contribution in [0.2, 0.25) is 0 Å². The zero-order chi connectivity index (χ0) is 14.8. The summed E-state index contributed by atoms with van der Waals surface area (Å²) in [7, 11) is 0. The van der Waals surface area contributed by atoms with Gasteiger partial charge in [-0.25, -0.2) is 4.39 Å². The predicted molar refractivity (Wildman–Crippen MR) is 66.8 cm³/mol. The summed E-state index contributed by atoms with van der Waals surface area (Å²) in [6.07, 6.45) is -5.10. The summed E-state index contributed by atoms with van der Waals surface area (Å²) < 4.78 is 56.1. The Hall–Kier alpha value is -1.14. The van der Waals surface area contributed by atoms with Gasteiger partial charge in [-0.2, -0.15) is 13.2 Å². The van der Waals surface area contributed by atoms with Gasteiger partial charge >= 0.3 is 6.18 Å². The van der Waals surface area contributed by atoms with Crippen LogP contribution in [0, 0.1) is 5.82 Å². The van der Waals surface area contributed by atoms with Gasteiger partial charge in [-0.05, 0) is 37.5 Å². The van der Waals surface area contributed by atoms with Gasteiger partial charge in [-0.1, -0.05) is 12.1 Å². The fourth-order valence-corrected chi connectivity index (χ4v) is 1.84. The fraction of sp³-hybridized carbons (Fsp3) is 0.571. The van der Waals surface area contributed by atoms with Crippen molar-refractivity contribution in [1.82, 2.24) is 5.32 Å². The van der Waals surface area contributed by atoms with Gasteiger partial charge in [0.25, 0.3) is 0 Å². The number of hydrogen-bond acceptors (Lipinski definition) is 2. The average Bonchev–Trinajstić information content (AvgIpc) is 3.16. The Morgan fingerprint density at radius 3 is 2.60 bits per heavy atom. The first kappa shape index (κ1) is 15.3. The molecule has 0 radical (unpaired) electrons. The minimum Gasteiger partial charge on any atom is -0.360 e. The monoisotopic (exact) mass is 291 g/mol. The van der Waals surface area contributed by atoms with Crippen LogP contribution in [-0.4, -0.2) is 24.9 Å². The van der Waals surface area contributed by atoms with Gasteiger partial charge in [0.15, 0.2) is 6.10 Å². The van der Waals surface area contributed by atoms with Gasteiger partial charge in [0.05, 0.1) is 6.10 Å². The van der Waals surface area contributed by atoms with E-state index >= 15 is 0 Å². The highest BCUT2D eigenvalue weighted by atomic mass is 19.4. The molecule has 0 saturated heterocycles. The number of ether oxygens (including phenoxy) is 1. The molecule has 2 atom stereocenters. The zero-order valence-corrected chi connectivity index (χ0v) is 11.1. The molecule has 1 N–H and O–H groups in total. The van der Waals surface area contributed by atoms with Crippen LogP contribution >= 0.6 is 0 Å². The quantitative estimate of drug-likeness (QED) is 0.809. The molecular weight excluding hydrogens is 274 g/mol. The molecule has 1 aliphatic carbocycles. The van der Waals surface area contributed by atoms with Gasteiger partial charge in [-0.3, -0.25) is 0 Å². The average molecular weight is 291 g/mol. The SMILES string of the molecule is CC(OC(CNC1CC1)c1cccc(F)c1)C(F)(F)F. The standard InChI is InChI=1S/C14H17F4NO/c1-9(14(16,17)18)20-13(8-19-12-5-6-12)10-3-2-4-11(15)7-10/h2-4,7,9,12-13,19H,5-6,8H2,1H3. The maximum Gasteiger partial charge on any atom is 0.414 e. The van der Waals surface area contributed by atoms with Crippen molar-refractivity contribution in [2.75, 3.05) is 6.54 Å². The van der Waals surface area contributed by atoms with Gasteiger partial charge < -0.3 is 10.1 Å². The molecule has 1 aromatic rings. The van der Waals surface area contributed by atoms with E-state index in [9.17, 15) is 17.6 Å². The number of alkyl halides is 3. The lowest BCUT2D eigenvalue weighted by Crippen LogP contribution is -2.34. The first-order valence-corrected chi connectivity index (χ1v) is 6.57. The Morgan fingerprint density at radius 2 is 2.05 bits per heavy atom. The molecule has 2 unspecified atom stereocenters. The summed E-state index contributed by atoms with van der Waals surface area (Å²) in [5.41, 5.74) is 0.411. The minimum atomic E-state index is -4.43. The lowest BCUT2D eigenvalue weighted by atomic mass is 10.1. The summed E-state index contributed by atoms with van der Waals surface area (Å²) >= 11 is 0. The molecular formula is C14H17F4NO. The van der Waals surface area contributed by atoms with E-state index in [1.54, 1.807) is 6.07 Å². The van der Waals surface area contributed by atoms with Crippen LogP contribution in [0.15, 0.2) is 24.3 Å². The third-order valence-electron chi connectivity index (χ3n) is 3.22. The first-order chi connectivity index (χ1) is 9.36. The number of benzene rings is 1. The van der Waals surface area contributed by atoms with E-state index in [0.717, 1.165) is 19.8 Å². The third kappa shape index (κ3) is 4.45. The van der Waals surface area contributed by atoms with E-state index < -0.39 is 24.2 Å². The van der Waals surface area contributed by atoms with Crippen molar-refractivity contribution in [1.29, 1.82) is 0 Å². The number of hydrogen-bond donors (Lipinski definition) is 1. The highest BCUT2D eigenvalue weighted by Crippen LogP contribution is 2.29. The maximum absolute atomic E-state index is 13.2. The van der Waals surface area contributed by atoms with E-state index in [2.05, 4.69) is 5.32 Å². The summed E-state index contributed by atoms with van der Waals surface area (Å²) in [4.78, 5) is 0. The molecule has 1 saturated carbocycles. The summed E-state index contributed by atoms with van der Waals surface area (Å²) in [5, 5.41) is 3.12. The van der Waals surface area contributed by atoms with E-state index in [4.69, 9.17) is 4.74 Å². The van der Waals surface area contributed by atoms with Crippen LogP contribution in [0.25, 0.3) is 0 Å². The molecule has 112 valence electrons. The van der Waals surface area contributed by atoms with E-state index in [0.29, 0.717) is 11.6 Å². The number of halogens is 4. The Morgan fingerprint density at radius 1 is 1.35 bits per heavy atom. The van der Waals surface area contributed by atoms with Crippen molar-refractivity contribution >= 4 is 0 Å². The van der Waals surface area contributed by atoms with Crippen LogP contribution in [0.1, 0.15) is 31.4 Å². The Bertz CT molecular complexity index is 445.